The van der Waals surface area contributed by atoms with Gasteiger partial charge in [-0.2, -0.15) is 0 Å². The number of nitrogens with one attached hydrogen (secondary N) is 1. The zero-order chi connectivity index (χ0) is 10.2. The van der Waals surface area contributed by atoms with E-state index in [1.165, 1.54) is 0 Å². The maximum absolute atomic E-state index is 5.59. The third kappa shape index (κ3) is 4.91. The van der Waals surface area contributed by atoms with Gasteiger partial charge in [-0.25, -0.2) is 0 Å². The fourth-order valence-electron chi connectivity index (χ4n) is 1.33. The average molecular weight is 203 g/mol. The standard InChI is InChI=1S/C10H21NO3/c1-3-12-7-9(2)14-8-10-6-11-4-5-13-10/h9-11H,3-8H2,1-2H3. The molecule has 1 heterocycles. The molecule has 0 aromatic rings. The molecule has 0 spiro atoms. The van der Waals surface area contributed by atoms with Gasteiger partial charge in [-0.3, -0.25) is 0 Å². The Morgan fingerprint density at radius 3 is 3.07 bits per heavy atom. The van der Waals surface area contributed by atoms with Crippen molar-refractivity contribution in [1.29, 1.82) is 0 Å². The van der Waals surface area contributed by atoms with Gasteiger partial charge in [0, 0.05) is 19.7 Å². The molecule has 2 unspecified atom stereocenters. The monoisotopic (exact) mass is 203 g/mol. The van der Waals surface area contributed by atoms with Crippen LogP contribution in [-0.2, 0) is 14.2 Å². The number of morpholine rings is 1. The second-order valence-electron chi connectivity index (χ2n) is 3.50. The zero-order valence-electron chi connectivity index (χ0n) is 9.12. The summed E-state index contributed by atoms with van der Waals surface area (Å²) in [6, 6.07) is 0. The van der Waals surface area contributed by atoms with Crippen LogP contribution in [-0.4, -0.2) is 51.7 Å². The highest BCUT2D eigenvalue weighted by Gasteiger charge is 2.14. The van der Waals surface area contributed by atoms with Crippen LogP contribution in [0.2, 0.25) is 0 Å². The first-order valence-corrected chi connectivity index (χ1v) is 5.34. The first kappa shape index (κ1) is 11.9. The largest absolute Gasteiger partial charge is 0.379 e. The van der Waals surface area contributed by atoms with Crippen LogP contribution in [0.4, 0.5) is 0 Å². The van der Waals surface area contributed by atoms with Crippen LogP contribution < -0.4 is 5.32 Å². The normalized spacial score (nSPS) is 24.9. The Bertz CT molecular complexity index is 137. The van der Waals surface area contributed by atoms with Gasteiger partial charge in [0.05, 0.1) is 32.0 Å². The van der Waals surface area contributed by atoms with Crippen LogP contribution in [0.15, 0.2) is 0 Å². The summed E-state index contributed by atoms with van der Waals surface area (Å²) in [4.78, 5) is 0. The van der Waals surface area contributed by atoms with E-state index in [1.807, 2.05) is 13.8 Å². The quantitative estimate of drug-likeness (QED) is 0.679. The Balaban J connectivity index is 2.00. The van der Waals surface area contributed by atoms with E-state index < -0.39 is 0 Å². The lowest BCUT2D eigenvalue weighted by molar-refractivity contribution is -0.0695. The summed E-state index contributed by atoms with van der Waals surface area (Å²) in [7, 11) is 0. The molecule has 0 aromatic heterocycles. The van der Waals surface area contributed by atoms with E-state index in [4.69, 9.17) is 14.2 Å². The molecule has 84 valence electrons. The van der Waals surface area contributed by atoms with Gasteiger partial charge in [0.2, 0.25) is 0 Å². The van der Waals surface area contributed by atoms with Crippen molar-refractivity contribution < 1.29 is 14.2 Å². The van der Waals surface area contributed by atoms with Crippen LogP contribution in [0, 0.1) is 0 Å². The Hall–Kier alpha value is -0.160. The molecule has 0 radical (unpaired) electrons. The predicted octanol–water partition coefficient (Wildman–Crippen LogP) is 0.416. The van der Waals surface area contributed by atoms with Gasteiger partial charge >= 0.3 is 0 Å². The second-order valence-corrected chi connectivity index (χ2v) is 3.50. The van der Waals surface area contributed by atoms with E-state index in [9.17, 15) is 0 Å². The van der Waals surface area contributed by atoms with E-state index in [-0.39, 0.29) is 12.2 Å². The third-order valence-electron chi connectivity index (χ3n) is 2.13. The minimum atomic E-state index is 0.153. The van der Waals surface area contributed by atoms with Crippen molar-refractivity contribution in [2.75, 3.05) is 39.5 Å². The van der Waals surface area contributed by atoms with Gasteiger partial charge in [-0.1, -0.05) is 0 Å². The molecule has 0 aliphatic carbocycles. The van der Waals surface area contributed by atoms with E-state index in [1.54, 1.807) is 0 Å². The first-order valence-electron chi connectivity index (χ1n) is 5.34. The average Bonchev–Trinajstić information content (AvgIpc) is 2.25. The topological polar surface area (TPSA) is 39.7 Å². The van der Waals surface area contributed by atoms with E-state index in [2.05, 4.69) is 5.32 Å². The summed E-state index contributed by atoms with van der Waals surface area (Å²) in [5.41, 5.74) is 0. The number of hydrogen-bond donors (Lipinski definition) is 1. The molecule has 0 saturated carbocycles. The van der Waals surface area contributed by atoms with Gasteiger partial charge in [-0.15, -0.1) is 0 Å². The summed E-state index contributed by atoms with van der Waals surface area (Å²) in [5, 5.41) is 3.27. The molecule has 1 N–H and O–H groups in total. The lowest BCUT2D eigenvalue weighted by Crippen LogP contribution is -2.41. The van der Waals surface area contributed by atoms with Crippen molar-refractivity contribution in [1.82, 2.24) is 5.32 Å². The second kappa shape index (κ2) is 7.17. The number of ether oxygens (including phenoxy) is 3. The van der Waals surface area contributed by atoms with Crippen molar-refractivity contribution in [3.05, 3.63) is 0 Å². The Kier molecular flexibility index (Phi) is 6.10. The van der Waals surface area contributed by atoms with Gasteiger partial charge in [0.15, 0.2) is 0 Å². The van der Waals surface area contributed by atoms with Crippen molar-refractivity contribution >= 4 is 0 Å². The third-order valence-corrected chi connectivity index (χ3v) is 2.13. The molecule has 14 heavy (non-hydrogen) atoms. The number of hydrogen-bond acceptors (Lipinski definition) is 4. The highest BCUT2D eigenvalue weighted by molar-refractivity contribution is 4.66. The van der Waals surface area contributed by atoms with E-state index in [0.29, 0.717) is 13.2 Å². The van der Waals surface area contributed by atoms with E-state index >= 15 is 0 Å². The van der Waals surface area contributed by atoms with Crippen LogP contribution in [0.1, 0.15) is 13.8 Å². The summed E-state index contributed by atoms with van der Waals surface area (Å²) < 4.78 is 16.4. The van der Waals surface area contributed by atoms with Gasteiger partial charge in [0.1, 0.15) is 0 Å². The van der Waals surface area contributed by atoms with Crippen molar-refractivity contribution in [3.8, 4) is 0 Å². The lowest BCUT2D eigenvalue weighted by atomic mass is 10.3. The summed E-state index contributed by atoms with van der Waals surface area (Å²) in [6.45, 7) is 8.69. The predicted molar refractivity (Wildman–Crippen MR) is 54.5 cm³/mol. The molecule has 0 amide bonds. The highest BCUT2D eigenvalue weighted by Crippen LogP contribution is 2.00. The maximum Gasteiger partial charge on any atom is 0.0933 e. The molecule has 1 aliphatic heterocycles. The van der Waals surface area contributed by atoms with Crippen LogP contribution in [0.3, 0.4) is 0 Å². The van der Waals surface area contributed by atoms with E-state index in [0.717, 1.165) is 26.3 Å². The Morgan fingerprint density at radius 1 is 1.57 bits per heavy atom. The maximum atomic E-state index is 5.59. The minimum Gasteiger partial charge on any atom is -0.379 e. The number of rotatable bonds is 6. The lowest BCUT2D eigenvalue weighted by Gasteiger charge is -2.24. The molecule has 4 heteroatoms. The van der Waals surface area contributed by atoms with Crippen LogP contribution in [0.5, 0.6) is 0 Å². The fraction of sp³-hybridized carbons (Fsp3) is 1.00. The van der Waals surface area contributed by atoms with Gasteiger partial charge in [0.25, 0.3) is 0 Å². The van der Waals surface area contributed by atoms with Gasteiger partial charge < -0.3 is 19.5 Å². The fourth-order valence-corrected chi connectivity index (χ4v) is 1.33. The summed E-state index contributed by atoms with van der Waals surface area (Å²) >= 11 is 0. The highest BCUT2D eigenvalue weighted by atomic mass is 16.6. The molecule has 1 saturated heterocycles. The molecule has 0 aromatic carbocycles. The smallest absolute Gasteiger partial charge is 0.0933 e. The minimum absolute atomic E-state index is 0.153. The first-order chi connectivity index (χ1) is 6.83. The van der Waals surface area contributed by atoms with Crippen molar-refractivity contribution in [3.63, 3.8) is 0 Å². The van der Waals surface area contributed by atoms with Crippen molar-refractivity contribution in [2.24, 2.45) is 0 Å². The summed E-state index contributed by atoms with van der Waals surface area (Å²) in [6.07, 6.45) is 0.355. The molecule has 1 aliphatic rings. The van der Waals surface area contributed by atoms with Crippen LogP contribution >= 0.6 is 0 Å². The molecule has 1 rings (SSSR count). The molecule has 4 nitrogen and oxygen atoms in total. The SMILES string of the molecule is CCOCC(C)OCC1CNCCO1. The molecule has 1 fully saturated rings. The Morgan fingerprint density at radius 2 is 2.43 bits per heavy atom. The molecule has 2 atom stereocenters. The molecular weight excluding hydrogens is 182 g/mol. The van der Waals surface area contributed by atoms with Crippen LogP contribution in [0.25, 0.3) is 0 Å². The summed E-state index contributed by atoms with van der Waals surface area (Å²) in [5.74, 6) is 0. The van der Waals surface area contributed by atoms with Gasteiger partial charge in [-0.05, 0) is 13.8 Å². The molecule has 0 bridgehead atoms. The Labute approximate surface area is 85.9 Å². The molecular formula is C10H21NO3. The zero-order valence-corrected chi connectivity index (χ0v) is 9.12. The van der Waals surface area contributed by atoms with Crippen molar-refractivity contribution in [2.45, 2.75) is 26.1 Å².